The molecule has 130 valence electrons. The van der Waals surface area contributed by atoms with Crippen molar-refractivity contribution < 1.29 is 14.6 Å². The molecule has 0 aromatic carbocycles. The standard InChI is InChI=1S/C16H27N3O3S/c1-12-9-19(7-5-16(12,21)6-8-22-4)15(20)13-11-23-14(17-13)10-18(2)3/h11-12,21H,5-10H2,1-4H3/t12-,16-/m1/s1. The van der Waals surface area contributed by atoms with Crippen LogP contribution in [0.2, 0.25) is 0 Å². The first-order valence-electron chi connectivity index (χ1n) is 7.95. The van der Waals surface area contributed by atoms with Crippen LogP contribution >= 0.6 is 11.3 Å². The van der Waals surface area contributed by atoms with Crippen molar-refractivity contribution in [2.45, 2.75) is 31.9 Å². The number of aliphatic hydroxyl groups is 1. The van der Waals surface area contributed by atoms with Gasteiger partial charge in [-0.15, -0.1) is 11.3 Å². The van der Waals surface area contributed by atoms with Gasteiger partial charge in [-0.3, -0.25) is 4.79 Å². The van der Waals surface area contributed by atoms with Crippen molar-refractivity contribution in [3.63, 3.8) is 0 Å². The van der Waals surface area contributed by atoms with Crippen LogP contribution < -0.4 is 0 Å². The fourth-order valence-corrected chi connectivity index (χ4v) is 3.80. The zero-order valence-corrected chi connectivity index (χ0v) is 15.2. The molecule has 1 aromatic rings. The molecule has 0 unspecified atom stereocenters. The number of carbonyl (C=O) groups excluding carboxylic acids is 1. The molecule has 1 aliphatic heterocycles. The minimum atomic E-state index is -0.745. The first kappa shape index (κ1) is 18.3. The average molecular weight is 341 g/mol. The van der Waals surface area contributed by atoms with E-state index in [1.54, 1.807) is 12.0 Å². The molecule has 0 radical (unpaired) electrons. The number of piperidine rings is 1. The third-order valence-corrected chi connectivity index (χ3v) is 5.31. The van der Waals surface area contributed by atoms with Gasteiger partial charge in [0.25, 0.3) is 5.91 Å². The number of likely N-dealkylation sites (tertiary alicyclic amines) is 1. The Hall–Kier alpha value is -1.02. The number of aromatic nitrogens is 1. The van der Waals surface area contributed by atoms with E-state index >= 15 is 0 Å². The molecule has 0 bridgehead atoms. The highest BCUT2D eigenvalue weighted by atomic mass is 32.1. The Kier molecular flexibility index (Phi) is 6.13. The van der Waals surface area contributed by atoms with Gasteiger partial charge in [0.05, 0.1) is 5.60 Å². The largest absolute Gasteiger partial charge is 0.389 e. The molecular weight excluding hydrogens is 314 g/mol. The first-order valence-corrected chi connectivity index (χ1v) is 8.83. The van der Waals surface area contributed by atoms with Crippen molar-refractivity contribution in [1.82, 2.24) is 14.8 Å². The molecule has 1 aromatic heterocycles. The van der Waals surface area contributed by atoms with E-state index in [1.807, 2.05) is 31.3 Å². The van der Waals surface area contributed by atoms with E-state index in [-0.39, 0.29) is 11.8 Å². The summed E-state index contributed by atoms with van der Waals surface area (Å²) in [4.78, 5) is 20.9. The quantitative estimate of drug-likeness (QED) is 0.848. The van der Waals surface area contributed by atoms with Crippen molar-refractivity contribution >= 4 is 17.2 Å². The SMILES string of the molecule is COCC[C@]1(O)CCN(C(=O)c2csc(CN(C)C)n2)C[C@H]1C. The highest BCUT2D eigenvalue weighted by molar-refractivity contribution is 7.09. The summed E-state index contributed by atoms with van der Waals surface area (Å²) in [6, 6.07) is 0. The molecule has 7 heteroatoms. The van der Waals surface area contributed by atoms with Crippen molar-refractivity contribution in [2.75, 3.05) is 40.9 Å². The van der Waals surface area contributed by atoms with Crippen LogP contribution in [0.1, 0.15) is 35.3 Å². The second kappa shape index (κ2) is 7.70. The highest BCUT2D eigenvalue weighted by Crippen LogP contribution is 2.31. The zero-order valence-electron chi connectivity index (χ0n) is 14.4. The van der Waals surface area contributed by atoms with Crippen molar-refractivity contribution in [3.05, 3.63) is 16.1 Å². The minimum Gasteiger partial charge on any atom is -0.389 e. The number of hydrogen-bond donors (Lipinski definition) is 1. The summed E-state index contributed by atoms with van der Waals surface area (Å²) in [5.74, 6) is -0.0119. The number of ether oxygens (including phenoxy) is 1. The Bertz CT molecular complexity index is 534. The van der Waals surface area contributed by atoms with Gasteiger partial charge in [0.1, 0.15) is 10.7 Å². The van der Waals surface area contributed by atoms with E-state index in [2.05, 4.69) is 4.98 Å². The van der Waals surface area contributed by atoms with Gasteiger partial charge in [0.2, 0.25) is 0 Å². The molecule has 1 amide bonds. The summed E-state index contributed by atoms with van der Waals surface area (Å²) < 4.78 is 5.08. The summed E-state index contributed by atoms with van der Waals surface area (Å²) >= 11 is 1.52. The summed E-state index contributed by atoms with van der Waals surface area (Å²) in [5.41, 5.74) is -0.230. The average Bonchev–Trinajstić information content (AvgIpc) is 2.95. The second-order valence-electron chi connectivity index (χ2n) is 6.61. The predicted octanol–water partition coefficient (Wildman–Crippen LogP) is 1.45. The molecule has 1 aliphatic rings. The van der Waals surface area contributed by atoms with Gasteiger partial charge in [0, 0.05) is 44.6 Å². The molecule has 6 nitrogen and oxygen atoms in total. The molecule has 1 saturated heterocycles. The molecule has 23 heavy (non-hydrogen) atoms. The molecule has 0 spiro atoms. The minimum absolute atomic E-state index is 0.0234. The van der Waals surface area contributed by atoms with E-state index in [1.165, 1.54) is 11.3 Å². The Balaban J connectivity index is 1.98. The van der Waals surface area contributed by atoms with Gasteiger partial charge in [-0.2, -0.15) is 0 Å². The molecule has 0 saturated carbocycles. The van der Waals surface area contributed by atoms with E-state index in [0.29, 0.717) is 38.2 Å². The third-order valence-electron chi connectivity index (χ3n) is 4.47. The van der Waals surface area contributed by atoms with E-state index < -0.39 is 5.60 Å². The van der Waals surface area contributed by atoms with E-state index in [0.717, 1.165) is 11.6 Å². The van der Waals surface area contributed by atoms with E-state index in [4.69, 9.17) is 4.74 Å². The predicted molar refractivity (Wildman–Crippen MR) is 90.6 cm³/mol. The number of hydrogen-bond acceptors (Lipinski definition) is 6. The molecule has 2 heterocycles. The zero-order chi connectivity index (χ0) is 17.0. The Morgan fingerprint density at radius 2 is 2.35 bits per heavy atom. The maximum absolute atomic E-state index is 12.6. The van der Waals surface area contributed by atoms with Gasteiger partial charge in [-0.05, 0) is 26.9 Å². The van der Waals surface area contributed by atoms with Gasteiger partial charge < -0.3 is 19.6 Å². The van der Waals surface area contributed by atoms with Crippen LogP contribution in [0.3, 0.4) is 0 Å². The number of rotatable bonds is 6. The molecular formula is C16H27N3O3S. The smallest absolute Gasteiger partial charge is 0.273 e. The molecule has 0 aliphatic carbocycles. The molecule has 2 rings (SSSR count). The van der Waals surface area contributed by atoms with Gasteiger partial charge >= 0.3 is 0 Å². The van der Waals surface area contributed by atoms with Crippen molar-refractivity contribution in [3.8, 4) is 0 Å². The maximum atomic E-state index is 12.6. The van der Waals surface area contributed by atoms with Crippen LogP contribution in [0.4, 0.5) is 0 Å². The number of thiazole rings is 1. The Morgan fingerprint density at radius 1 is 1.61 bits per heavy atom. The van der Waals surface area contributed by atoms with Crippen LogP contribution in [-0.4, -0.2) is 72.3 Å². The lowest BCUT2D eigenvalue weighted by atomic mass is 9.80. The van der Waals surface area contributed by atoms with Gasteiger partial charge in [0.15, 0.2) is 0 Å². The summed E-state index contributed by atoms with van der Waals surface area (Å²) in [6.07, 6.45) is 1.19. The van der Waals surface area contributed by atoms with Crippen LogP contribution in [0.25, 0.3) is 0 Å². The van der Waals surface area contributed by atoms with Crippen LogP contribution in [0.5, 0.6) is 0 Å². The highest BCUT2D eigenvalue weighted by Gasteiger charge is 2.40. The Morgan fingerprint density at radius 3 is 2.96 bits per heavy atom. The first-order chi connectivity index (χ1) is 10.9. The fraction of sp³-hybridized carbons (Fsp3) is 0.750. The fourth-order valence-electron chi connectivity index (χ4n) is 2.92. The normalized spacial score (nSPS) is 25.1. The third kappa shape index (κ3) is 4.50. The number of carbonyl (C=O) groups is 1. The van der Waals surface area contributed by atoms with Gasteiger partial charge in [-0.1, -0.05) is 6.92 Å². The van der Waals surface area contributed by atoms with Crippen molar-refractivity contribution in [1.29, 1.82) is 0 Å². The Labute approximate surface area is 142 Å². The lowest BCUT2D eigenvalue weighted by Crippen LogP contribution is -2.52. The maximum Gasteiger partial charge on any atom is 0.273 e. The van der Waals surface area contributed by atoms with Crippen LogP contribution in [0.15, 0.2) is 5.38 Å². The monoisotopic (exact) mass is 341 g/mol. The van der Waals surface area contributed by atoms with Gasteiger partial charge in [-0.25, -0.2) is 4.98 Å². The van der Waals surface area contributed by atoms with Crippen LogP contribution in [-0.2, 0) is 11.3 Å². The number of amides is 1. The summed E-state index contributed by atoms with van der Waals surface area (Å²) in [5, 5.41) is 13.5. The van der Waals surface area contributed by atoms with Crippen LogP contribution in [0, 0.1) is 5.92 Å². The number of nitrogens with zero attached hydrogens (tertiary/aromatic N) is 3. The molecule has 1 fully saturated rings. The molecule has 1 N–H and O–H groups in total. The topological polar surface area (TPSA) is 65.9 Å². The summed E-state index contributed by atoms with van der Waals surface area (Å²) in [7, 11) is 5.60. The summed E-state index contributed by atoms with van der Waals surface area (Å²) in [6.45, 7) is 4.39. The molecule has 2 atom stereocenters. The second-order valence-corrected chi connectivity index (χ2v) is 7.56. The lowest BCUT2D eigenvalue weighted by molar-refractivity contribution is -0.0750. The van der Waals surface area contributed by atoms with E-state index in [9.17, 15) is 9.90 Å². The van der Waals surface area contributed by atoms with Crippen molar-refractivity contribution in [2.24, 2.45) is 5.92 Å². The number of methoxy groups -OCH3 is 1. The lowest BCUT2D eigenvalue weighted by Gasteiger charge is -2.43.